The van der Waals surface area contributed by atoms with Gasteiger partial charge in [0.1, 0.15) is 10.8 Å². The average molecular weight is 492 g/mol. The van der Waals surface area contributed by atoms with E-state index < -0.39 is 12.0 Å². The monoisotopic (exact) mass is 491 g/mol. The number of fused-ring (bicyclic) bond motifs is 1. The van der Waals surface area contributed by atoms with Crippen molar-refractivity contribution in [3.63, 3.8) is 0 Å². The molecule has 1 heterocycles. The molecule has 3 amide bonds. The van der Waals surface area contributed by atoms with E-state index in [0.717, 1.165) is 52.9 Å². The fraction of sp³-hybridized carbons (Fsp3) is 0.296. The van der Waals surface area contributed by atoms with Crippen LogP contribution >= 0.6 is 11.3 Å². The largest absolute Gasteiger partial charge is 0.481 e. The third kappa shape index (κ3) is 5.54. The minimum absolute atomic E-state index is 0.264. The molecule has 1 aliphatic carbocycles. The Morgan fingerprint density at radius 1 is 1.00 bits per heavy atom. The highest BCUT2D eigenvalue weighted by Gasteiger charge is 2.25. The van der Waals surface area contributed by atoms with Gasteiger partial charge in [-0.15, -0.1) is 11.3 Å². The number of benzene rings is 2. The number of nitrogens with one attached hydrogen (secondary N) is 2. The molecule has 0 fully saturated rings. The number of aryl methyl sites for hydroxylation is 3. The van der Waals surface area contributed by atoms with Gasteiger partial charge in [-0.1, -0.05) is 17.7 Å². The summed E-state index contributed by atoms with van der Waals surface area (Å²) in [6.45, 7) is 5.61. The molecule has 2 aromatic carbocycles. The molecule has 4 N–H and O–H groups in total. The summed E-state index contributed by atoms with van der Waals surface area (Å²) in [6, 6.07) is 12.3. The van der Waals surface area contributed by atoms with Crippen molar-refractivity contribution in [2.24, 2.45) is 5.73 Å². The fourth-order valence-corrected chi connectivity index (χ4v) is 5.51. The molecule has 8 heteroatoms. The molecule has 182 valence electrons. The van der Waals surface area contributed by atoms with Crippen molar-refractivity contribution in [3.8, 4) is 5.75 Å². The van der Waals surface area contributed by atoms with Gasteiger partial charge in [-0.2, -0.15) is 0 Å². The summed E-state index contributed by atoms with van der Waals surface area (Å²) in [5.41, 5.74) is 10.3. The molecule has 1 aliphatic rings. The summed E-state index contributed by atoms with van der Waals surface area (Å²) >= 11 is 1.43. The first-order valence-electron chi connectivity index (χ1n) is 11.6. The Bertz CT molecular complexity index is 1280. The maximum atomic E-state index is 12.8. The molecule has 0 saturated carbocycles. The Balaban J connectivity index is 1.40. The summed E-state index contributed by atoms with van der Waals surface area (Å²) in [4.78, 5) is 38.6. The molecule has 4 rings (SSSR count). The second-order valence-corrected chi connectivity index (χ2v) is 9.93. The summed E-state index contributed by atoms with van der Waals surface area (Å²) in [7, 11) is 0. The molecule has 0 saturated heterocycles. The van der Waals surface area contributed by atoms with Crippen LogP contribution in [0.2, 0.25) is 0 Å². The molecule has 0 radical (unpaired) electrons. The van der Waals surface area contributed by atoms with Gasteiger partial charge in [-0.05, 0) is 87.9 Å². The Morgan fingerprint density at radius 3 is 2.40 bits per heavy atom. The highest BCUT2D eigenvalue weighted by molar-refractivity contribution is 7.17. The molecule has 0 aliphatic heterocycles. The van der Waals surface area contributed by atoms with Crippen molar-refractivity contribution in [2.45, 2.75) is 52.6 Å². The lowest BCUT2D eigenvalue weighted by Crippen LogP contribution is -2.30. The molecule has 35 heavy (non-hydrogen) atoms. The van der Waals surface area contributed by atoms with Crippen LogP contribution < -0.4 is 21.1 Å². The Morgan fingerprint density at radius 2 is 1.71 bits per heavy atom. The lowest BCUT2D eigenvalue weighted by Gasteiger charge is -2.16. The molecule has 0 bridgehead atoms. The van der Waals surface area contributed by atoms with Gasteiger partial charge >= 0.3 is 0 Å². The van der Waals surface area contributed by atoms with Crippen LogP contribution in [0.1, 0.15) is 62.0 Å². The van der Waals surface area contributed by atoms with Crippen molar-refractivity contribution in [2.75, 3.05) is 10.6 Å². The van der Waals surface area contributed by atoms with E-state index in [9.17, 15) is 14.4 Å². The van der Waals surface area contributed by atoms with E-state index in [4.69, 9.17) is 10.5 Å². The number of carbonyl (C=O) groups excluding carboxylic acids is 3. The molecular weight excluding hydrogens is 462 g/mol. The second kappa shape index (κ2) is 10.3. The molecule has 0 spiro atoms. The number of hydrogen-bond acceptors (Lipinski definition) is 5. The van der Waals surface area contributed by atoms with Crippen LogP contribution in [0, 0.1) is 13.8 Å². The lowest BCUT2D eigenvalue weighted by atomic mass is 9.95. The Labute approximate surface area is 208 Å². The number of hydrogen-bond donors (Lipinski definition) is 3. The van der Waals surface area contributed by atoms with E-state index in [0.29, 0.717) is 21.9 Å². The van der Waals surface area contributed by atoms with Gasteiger partial charge in [0, 0.05) is 16.1 Å². The highest BCUT2D eigenvalue weighted by atomic mass is 32.1. The van der Waals surface area contributed by atoms with Gasteiger partial charge in [0.05, 0.1) is 5.56 Å². The molecule has 7 nitrogen and oxygen atoms in total. The number of anilines is 2. The number of carbonyl (C=O) groups is 3. The van der Waals surface area contributed by atoms with Crippen LogP contribution in [0.3, 0.4) is 0 Å². The minimum Gasteiger partial charge on any atom is -0.481 e. The number of primary amides is 1. The molecular formula is C27H29N3O4S. The smallest absolute Gasteiger partial charge is 0.265 e. The predicted molar refractivity (Wildman–Crippen MR) is 139 cm³/mol. The first-order valence-corrected chi connectivity index (χ1v) is 12.4. The van der Waals surface area contributed by atoms with Crippen molar-refractivity contribution in [1.29, 1.82) is 0 Å². The maximum absolute atomic E-state index is 12.8. The van der Waals surface area contributed by atoms with E-state index >= 15 is 0 Å². The average Bonchev–Trinajstić information content (AvgIpc) is 3.19. The van der Waals surface area contributed by atoms with Crippen LogP contribution in [0.5, 0.6) is 5.75 Å². The number of rotatable bonds is 7. The van der Waals surface area contributed by atoms with Crippen LogP contribution in [0.25, 0.3) is 0 Å². The number of thiophene rings is 1. The standard InChI is InChI=1S/C27H29N3O4S/c1-15-8-13-21(16(2)14-15)29-25(32)17(3)34-19-11-9-18(10-12-19)26(33)30-27-23(24(28)31)20-6-4-5-7-22(20)35-27/h8-14,17H,4-7H2,1-3H3,(H2,28,31)(H,29,32)(H,30,33). The zero-order valence-electron chi connectivity index (χ0n) is 20.1. The van der Waals surface area contributed by atoms with E-state index in [2.05, 4.69) is 10.6 Å². The summed E-state index contributed by atoms with van der Waals surface area (Å²) in [5.74, 6) is -0.650. The van der Waals surface area contributed by atoms with Crippen LogP contribution in [0.4, 0.5) is 10.7 Å². The maximum Gasteiger partial charge on any atom is 0.265 e. The highest BCUT2D eigenvalue weighted by Crippen LogP contribution is 2.38. The zero-order valence-corrected chi connectivity index (χ0v) is 20.9. The Kier molecular flexibility index (Phi) is 7.21. The molecule has 1 aromatic heterocycles. The van der Waals surface area contributed by atoms with Crippen molar-refractivity contribution >= 4 is 39.7 Å². The first kappa shape index (κ1) is 24.5. The Hall–Kier alpha value is -3.65. The van der Waals surface area contributed by atoms with Crippen molar-refractivity contribution in [3.05, 3.63) is 75.2 Å². The van der Waals surface area contributed by atoms with Crippen LogP contribution in [-0.2, 0) is 17.6 Å². The van der Waals surface area contributed by atoms with E-state index in [1.165, 1.54) is 11.3 Å². The number of amides is 3. The van der Waals surface area contributed by atoms with E-state index in [1.807, 2.05) is 32.0 Å². The predicted octanol–water partition coefficient (Wildman–Crippen LogP) is 5.00. The summed E-state index contributed by atoms with van der Waals surface area (Å²) < 4.78 is 5.77. The summed E-state index contributed by atoms with van der Waals surface area (Å²) in [6.07, 6.45) is 3.06. The molecule has 3 aromatic rings. The van der Waals surface area contributed by atoms with Gasteiger partial charge in [-0.3, -0.25) is 14.4 Å². The SMILES string of the molecule is Cc1ccc(NC(=O)C(C)Oc2ccc(C(=O)Nc3sc4c(c3C(N)=O)CCCC4)cc2)c(C)c1. The first-order chi connectivity index (χ1) is 16.7. The third-order valence-corrected chi connectivity index (χ3v) is 7.29. The van der Waals surface area contributed by atoms with Crippen molar-refractivity contribution in [1.82, 2.24) is 0 Å². The fourth-order valence-electron chi connectivity index (χ4n) is 4.22. The van der Waals surface area contributed by atoms with Gasteiger partial charge in [0.15, 0.2) is 6.10 Å². The third-order valence-electron chi connectivity index (χ3n) is 6.08. The van der Waals surface area contributed by atoms with E-state index in [1.54, 1.807) is 31.2 Å². The lowest BCUT2D eigenvalue weighted by molar-refractivity contribution is -0.122. The number of ether oxygens (including phenoxy) is 1. The van der Waals surface area contributed by atoms with Gasteiger partial charge in [-0.25, -0.2) is 0 Å². The molecule has 1 atom stereocenters. The quantitative estimate of drug-likeness (QED) is 0.432. The molecule has 1 unspecified atom stereocenters. The topological polar surface area (TPSA) is 111 Å². The van der Waals surface area contributed by atoms with Gasteiger partial charge in [0.2, 0.25) is 0 Å². The minimum atomic E-state index is -0.731. The zero-order chi connectivity index (χ0) is 25.1. The van der Waals surface area contributed by atoms with Gasteiger partial charge < -0.3 is 21.1 Å². The normalized spacial score (nSPS) is 13.5. The van der Waals surface area contributed by atoms with Crippen LogP contribution in [0.15, 0.2) is 42.5 Å². The second-order valence-electron chi connectivity index (χ2n) is 8.83. The van der Waals surface area contributed by atoms with Crippen molar-refractivity contribution < 1.29 is 19.1 Å². The van der Waals surface area contributed by atoms with Gasteiger partial charge in [0.25, 0.3) is 17.7 Å². The number of nitrogens with two attached hydrogens (primary N) is 1. The van der Waals surface area contributed by atoms with Crippen LogP contribution in [-0.4, -0.2) is 23.8 Å². The van der Waals surface area contributed by atoms with E-state index in [-0.39, 0.29) is 11.8 Å². The summed E-state index contributed by atoms with van der Waals surface area (Å²) in [5, 5.41) is 6.24.